The van der Waals surface area contributed by atoms with Crippen molar-refractivity contribution < 1.29 is 4.42 Å². The molecule has 20 heavy (non-hydrogen) atoms. The predicted molar refractivity (Wildman–Crippen MR) is 82.8 cm³/mol. The molecule has 0 atom stereocenters. The Kier molecular flexibility index (Phi) is 3.69. The molecule has 0 unspecified atom stereocenters. The van der Waals surface area contributed by atoms with E-state index in [9.17, 15) is 0 Å². The van der Waals surface area contributed by atoms with Gasteiger partial charge in [-0.15, -0.1) is 0 Å². The molecule has 0 saturated carbocycles. The van der Waals surface area contributed by atoms with E-state index in [2.05, 4.69) is 55.5 Å². The van der Waals surface area contributed by atoms with Gasteiger partial charge in [0, 0.05) is 12.0 Å². The maximum absolute atomic E-state index is 5.85. The van der Waals surface area contributed by atoms with E-state index in [-0.39, 0.29) is 0 Å². The second kappa shape index (κ2) is 5.79. The third kappa shape index (κ3) is 2.53. The summed E-state index contributed by atoms with van der Waals surface area (Å²) in [4.78, 5) is 0. The van der Waals surface area contributed by atoms with Crippen LogP contribution in [0.15, 0.2) is 71.3 Å². The van der Waals surface area contributed by atoms with Gasteiger partial charge in [0.1, 0.15) is 5.76 Å². The summed E-state index contributed by atoms with van der Waals surface area (Å²) in [5, 5.41) is 0. The standard InChI is InChI=1S/C19H18O/c1-2-16-14-20-18(13-15-9-5-3-6-10-15)19(16)17-11-7-4-8-12-17/h3-12,14H,2,13H2,1H3. The van der Waals surface area contributed by atoms with E-state index in [4.69, 9.17) is 4.42 Å². The van der Waals surface area contributed by atoms with Crippen LogP contribution in [-0.4, -0.2) is 0 Å². The molecule has 0 amide bonds. The number of hydrogen-bond donors (Lipinski definition) is 0. The molecule has 3 rings (SSSR count). The van der Waals surface area contributed by atoms with Gasteiger partial charge in [-0.05, 0) is 23.1 Å². The number of benzene rings is 2. The highest BCUT2D eigenvalue weighted by Crippen LogP contribution is 2.31. The van der Waals surface area contributed by atoms with Crippen molar-refractivity contribution in [2.24, 2.45) is 0 Å². The lowest BCUT2D eigenvalue weighted by atomic mass is 9.97. The normalized spacial score (nSPS) is 10.7. The molecule has 100 valence electrons. The molecule has 3 aromatic rings. The Hall–Kier alpha value is -2.28. The molecule has 0 radical (unpaired) electrons. The molecule has 1 nitrogen and oxygen atoms in total. The molecule has 0 bridgehead atoms. The lowest BCUT2D eigenvalue weighted by Crippen LogP contribution is -1.90. The molecular weight excluding hydrogens is 244 g/mol. The molecular formula is C19H18O. The van der Waals surface area contributed by atoms with Gasteiger partial charge in [0.15, 0.2) is 0 Å². The third-order valence-electron chi connectivity index (χ3n) is 3.59. The molecule has 1 heterocycles. The molecule has 1 aromatic heterocycles. The number of aryl methyl sites for hydroxylation is 1. The van der Waals surface area contributed by atoms with Crippen molar-refractivity contribution in [1.82, 2.24) is 0 Å². The van der Waals surface area contributed by atoms with Crippen molar-refractivity contribution in [2.45, 2.75) is 19.8 Å². The first-order chi connectivity index (χ1) is 9.88. The van der Waals surface area contributed by atoms with Gasteiger partial charge in [-0.2, -0.15) is 0 Å². The van der Waals surface area contributed by atoms with Crippen molar-refractivity contribution in [3.05, 3.63) is 83.8 Å². The molecule has 2 aromatic carbocycles. The molecule has 1 heteroatoms. The Labute approximate surface area is 119 Å². The molecule has 0 aliphatic rings. The summed E-state index contributed by atoms with van der Waals surface area (Å²) >= 11 is 0. The van der Waals surface area contributed by atoms with E-state index in [0.29, 0.717) is 0 Å². The minimum Gasteiger partial charge on any atom is -0.468 e. The summed E-state index contributed by atoms with van der Waals surface area (Å²) in [6.07, 6.45) is 3.73. The van der Waals surface area contributed by atoms with Crippen LogP contribution in [0.5, 0.6) is 0 Å². The highest BCUT2D eigenvalue weighted by molar-refractivity contribution is 5.69. The summed E-state index contributed by atoms with van der Waals surface area (Å²) < 4.78 is 5.85. The van der Waals surface area contributed by atoms with Crippen molar-refractivity contribution >= 4 is 0 Å². The minimum atomic E-state index is 0.838. The molecule has 0 saturated heterocycles. The lowest BCUT2D eigenvalue weighted by Gasteiger charge is -2.05. The Morgan fingerprint density at radius 2 is 1.50 bits per heavy atom. The van der Waals surface area contributed by atoms with Crippen molar-refractivity contribution in [3.8, 4) is 11.1 Å². The second-order valence-electron chi connectivity index (χ2n) is 4.94. The van der Waals surface area contributed by atoms with Crippen LogP contribution in [0.4, 0.5) is 0 Å². The Balaban J connectivity index is 2.02. The number of furan rings is 1. The fourth-order valence-electron chi connectivity index (χ4n) is 2.56. The van der Waals surface area contributed by atoms with Gasteiger partial charge in [0.25, 0.3) is 0 Å². The quantitative estimate of drug-likeness (QED) is 0.637. The smallest absolute Gasteiger partial charge is 0.116 e. The summed E-state index contributed by atoms with van der Waals surface area (Å²) in [6.45, 7) is 2.17. The Bertz CT molecular complexity index is 666. The molecule has 0 aliphatic heterocycles. The maximum atomic E-state index is 5.85. The van der Waals surface area contributed by atoms with Crippen LogP contribution in [0.25, 0.3) is 11.1 Å². The van der Waals surface area contributed by atoms with Crippen LogP contribution in [0.3, 0.4) is 0 Å². The largest absolute Gasteiger partial charge is 0.468 e. The third-order valence-corrected chi connectivity index (χ3v) is 3.59. The van der Waals surface area contributed by atoms with Crippen LogP contribution in [0, 0.1) is 0 Å². The van der Waals surface area contributed by atoms with Gasteiger partial charge < -0.3 is 4.42 Å². The van der Waals surface area contributed by atoms with Crippen molar-refractivity contribution in [1.29, 1.82) is 0 Å². The van der Waals surface area contributed by atoms with Gasteiger partial charge in [0.2, 0.25) is 0 Å². The summed E-state index contributed by atoms with van der Waals surface area (Å²) in [7, 11) is 0. The van der Waals surface area contributed by atoms with E-state index in [1.54, 1.807) is 0 Å². The number of rotatable bonds is 4. The average Bonchev–Trinajstić information content (AvgIpc) is 2.92. The first kappa shape index (κ1) is 12.7. The first-order valence-corrected chi connectivity index (χ1v) is 7.07. The van der Waals surface area contributed by atoms with Gasteiger partial charge in [-0.25, -0.2) is 0 Å². The molecule has 0 fully saturated rings. The zero-order chi connectivity index (χ0) is 13.8. The van der Waals surface area contributed by atoms with Crippen LogP contribution in [0.1, 0.15) is 23.8 Å². The zero-order valence-electron chi connectivity index (χ0n) is 11.7. The molecule has 0 spiro atoms. The summed E-state index contributed by atoms with van der Waals surface area (Å²) in [6, 6.07) is 21.0. The van der Waals surface area contributed by atoms with Crippen LogP contribution >= 0.6 is 0 Å². The topological polar surface area (TPSA) is 13.1 Å². The fourth-order valence-corrected chi connectivity index (χ4v) is 2.56. The van der Waals surface area contributed by atoms with Crippen molar-refractivity contribution in [2.75, 3.05) is 0 Å². The van der Waals surface area contributed by atoms with E-state index in [1.165, 1.54) is 22.3 Å². The fraction of sp³-hybridized carbons (Fsp3) is 0.158. The SMILES string of the molecule is CCc1coc(Cc2ccccc2)c1-c1ccccc1. The van der Waals surface area contributed by atoms with Gasteiger partial charge >= 0.3 is 0 Å². The van der Waals surface area contributed by atoms with E-state index < -0.39 is 0 Å². The van der Waals surface area contributed by atoms with Gasteiger partial charge in [-0.1, -0.05) is 67.6 Å². The van der Waals surface area contributed by atoms with Crippen molar-refractivity contribution in [3.63, 3.8) is 0 Å². The summed E-state index contributed by atoms with van der Waals surface area (Å²) in [5.74, 6) is 1.05. The second-order valence-corrected chi connectivity index (χ2v) is 4.94. The number of hydrogen-bond acceptors (Lipinski definition) is 1. The van der Waals surface area contributed by atoms with Gasteiger partial charge in [0.05, 0.1) is 6.26 Å². The summed E-state index contributed by atoms with van der Waals surface area (Å²) in [5.41, 5.74) is 5.06. The molecule has 0 aliphatic carbocycles. The van der Waals surface area contributed by atoms with Crippen LogP contribution in [-0.2, 0) is 12.8 Å². The Morgan fingerprint density at radius 3 is 2.15 bits per heavy atom. The first-order valence-electron chi connectivity index (χ1n) is 7.07. The minimum absolute atomic E-state index is 0.838. The monoisotopic (exact) mass is 262 g/mol. The predicted octanol–water partition coefficient (Wildman–Crippen LogP) is 5.10. The maximum Gasteiger partial charge on any atom is 0.116 e. The lowest BCUT2D eigenvalue weighted by molar-refractivity contribution is 0.520. The molecule has 0 N–H and O–H groups in total. The highest BCUT2D eigenvalue weighted by Gasteiger charge is 2.14. The van der Waals surface area contributed by atoms with E-state index in [0.717, 1.165) is 18.6 Å². The van der Waals surface area contributed by atoms with Gasteiger partial charge in [-0.3, -0.25) is 0 Å². The van der Waals surface area contributed by atoms with E-state index >= 15 is 0 Å². The zero-order valence-corrected chi connectivity index (χ0v) is 11.7. The Morgan fingerprint density at radius 1 is 0.850 bits per heavy atom. The average molecular weight is 262 g/mol. The van der Waals surface area contributed by atoms with Crippen LogP contribution in [0.2, 0.25) is 0 Å². The van der Waals surface area contributed by atoms with E-state index in [1.807, 2.05) is 18.4 Å². The van der Waals surface area contributed by atoms with Crippen LogP contribution < -0.4 is 0 Å². The highest BCUT2D eigenvalue weighted by atomic mass is 16.3.